The number of rotatable bonds is 5. The minimum absolute atomic E-state index is 0.166. The number of alkyl halides is 3. The van der Waals surface area contributed by atoms with Gasteiger partial charge in [0.25, 0.3) is 5.91 Å². The van der Waals surface area contributed by atoms with E-state index in [0.717, 1.165) is 29.3 Å². The Morgan fingerprint density at radius 1 is 1.12 bits per heavy atom. The molecule has 26 heavy (non-hydrogen) atoms. The fourth-order valence-corrected chi connectivity index (χ4v) is 2.49. The molecule has 2 aromatic carbocycles. The van der Waals surface area contributed by atoms with E-state index in [1.807, 2.05) is 25.1 Å². The van der Waals surface area contributed by atoms with Crippen molar-refractivity contribution in [1.82, 2.24) is 5.32 Å². The molecule has 0 aromatic heterocycles. The largest absolute Gasteiger partial charge is 0.467 e. The molecular formula is C19H18F3NO3. The molecule has 0 aliphatic rings. The van der Waals surface area contributed by atoms with Crippen molar-refractivity contribution in [1.29, 1.82) is 0 Å². The molecular weight excluding hydrogens is 347 g/mol. The molecule has 0 aliphatic carbocycles. The molecule has 0 saturated carbocycles. The Bertz CT molecular complexity index is 803. The normalized spacial score (nSPS) is 12.3. The van der Waals surface area contributed by atoms with Crippen LogP contribution in [-0.2, 0) is 22.1 Å². The van der Waals surface area contributed by atoms with Gasteiger partial charge in [0.1, 0.15) is 6.04 Å². The molecule has 0 bridgehead atoms. The highest BCUT2D eigenvalue weighted by molar-refractivity contribution is 5.97. The van der Waals surface area contributed by atoms with Crippen LogP contribution in [0.25, 0.3) is 0 Å². The third-order valence-electron chi connectivity index (χ3n) is 3.77. The van der Waals surface area contributed by atoms with E-state index in [-0.39, 0.29) is 12.0 Å². The lowest BCUT2D eigenvalue weighted by Crippen LogP contribution is -2.43. The van der Waals surface area contributed by atoms with Crippen molar-refractivity contribution in [3.63, 3.8) is 0 Å². The van der Waals surface area contributed by atoms with Crippen molar-refractivity contribution in [2.75, 3.05) is 7.11 Å². The number of amides is 1. The number of methoxy groups -OCH3 is 1. The lowest BCUT2D eigenvalue weighted by molar-refractivity contribution is -0.143. The van der Waals surface area contributed by atoms with Crippen molar-refractivity contribution in [2.24, 2.45) is 0 Å². The topological polar surface area (TPSA) is 55.4 Å². The smallest absolute Gasteiger partial charge is 0.416 e. The third kappa shape index (κ3) is 5.08. The summed E-state index contributed by atoms with van der Waals surface area (Å²) in [5.41, 5.74) is 0.663. The van der Waals surface area contributed by atoms with Gasteiger partial charge in [0.2, 0.25) is 0 Å². The van der Waals surface area contributed by atoms with Gasteiger partial charge in [-0.1, -0.05) is 35.9 Å². The molecule has 1 atom stereocenters. The molecule has 1 amide bonds. The summed E-state index contributed by atoms with van der Waals surface area (Å²) in [5.74, 6) is -1.45. The van der Waals surface area contributed by atoms with Crippen molar-refractivity contribution < 1.29 is 27.5 Å². The minimum Gasteiger partial charge on any atom is -0.467 e. The summed E-state index contributed by atoms with van der Waals surface area (Å²) in [7, 11) is 1.18. The Balaban J connectivity index is 2.20. The number of ether oxygens (including phenoxy) is 1. The molecule has 0 fully saturated rings. The van der Waals surface area contributed by atoms with Crippen LogP contribution in [-0.4, -0.2) is 25.0 Å². The second kappa shape index (κ2) is 8.03. The molecule has 7 heteroatoms. The van der Waals surface area contributed by atoms with Gasteiger partial charge in [0.15, 0.2) is 0 Å². The first-order chi connectivity index (χ1) is 12.2. The Morgan fingerprint density at radius 3 is 2.42 bits per heavy atom. The van der Waals surface area contributed by atoms with E-state index >= 15 is 0 Å². The van der Waals surface area contributed by atoms with Gasteiger partial charge in [-0.05, 0) is 30.7 Å². The van der Waals surface area contributed by atoms with Gasteiger partial charge in [-0.15, -0.1) is 0 Å². The van der Waals surface area contributed by atoms with E-state index in [2.05, 4.69) is 5.32 Å². The van der Waals surface area contributed by atoms with Crippen molar-refractivity contribution in [3.05, 3.63) is 70.8 Å². The Kier molecular flexibility index (Phi) is 6.02. The maximum atomic E-state index is 12.8. The first-order valence-electron chi connectivity index (χ1n) is 7.82. The van der Waals surface area contributed by atoms with Gasteiger partial charge in [0, 0.05) is 12.0 Å². The highest BCUT2D eigenvalue weighted by atomic mass is 19.4. The van der Waals surface area contributed by atoms with Crippen LogP contribution in [0, 0.1) is 6.92 Å². The number of benzene rings is 2. The summed E-state index contributed by atoms with van der Waals surface area (Å²) in [4.78, 5) is 24.3. The van der Waals surface area contributed by atoms with Crippen molar-refractivity contribution >= 4 is 11.9 Å². The number of esters is 1. The molecule has 1 N–H and O–H groups in total. The van der Waals surface area contributed by atoms with E-state index in [4.69, 9.17) is 4.74 Å². The maximum Gasteiger partial charge on any atom is 0.416 e. The van der Waals surface area contributed by atoms with Crippen LogP contribution in [0.1, 0.15) is 27.0 Å². The van der Waals surface area contributed by atoms with Crippen molar-refractivity contribution in [2.45, 2.75) is 25.6 Å². The molecule has 2 aromatic rings. The first-order valence-corrected chi connectivity index (χ1v) is 7.82. The molecule has 0 radical (unpaired) electrons. The van der Waals surface area contributed by atoms with Gasteiger partial charge >= 0.3 is 12.1 Å². The van der Waals surface area contributed by atoms with E-state index < -0.39 is 29.7 Å². The number of hydrogen-bond donors (Lipinski definition) is 1. The Labute approximate surface area is 149 Å². The van der Waals surface area contributed by atoms with Gasteiger partial charge in [0.05, 0.1) is 12.7 Å². The predicted octanol–water partition coefficient (Wildman–Crippen LogP) is 3.53. The summed E-state index contributed by atoms with van der Waals surface area (Å²) in [5, 5.41) is 2.45. The second-order valence-electron chi connectivity index (χ2n) is 5.82. The molecule has 0 saturated heterocycles. The number of hydrogen-bond acceptors (Lipinski definition) is 3. The van der Waals surface area contributed by atoms with Crippen LogP contribution in [0.3, 0.4) is 0 Å². The summed E-state index contributed by atoms with van der Waals surface area (Å²) in [6, 6.07) is 10.4. The minimum atomic E-state index is -4.56. The second-order valence-corrected chi connectivity index (χ2v) is 5.82. The van der Waals surface area contributed by atoms with E-state index in [1.165, 1.54) is 13.2 Å². The van der Waals surface area contributed by atoms with Gasteiger partial charge < -0.3 is 10.1 Å². The third-order valence-corrected chi connectivity index (χ3v) is 3.77. The summed E-state index contributed by atoms with van der Waals surface area (Å²) < 4.78 is 43.1. The predicted molar refractivity (Wildman–Crippen MR) is 89.6 cm³/mol. The van der Waals surface area contributed by atoms with E-state index in [9.17, 15) is 22.8 Å². The molecule has 0 heterocycles. The fraction of sp³-hybridized carbons (Fsp3) is 0.263. The summed E-state index contributed by atoms with van der Waals surface area (Å²) >= 11 is 0. The maximum absolute atomic E-state index is 12.8. The van der Waals surface area contributed by atoms with Gasteiger partial charge in [-0.25, -0.2) is 4.79 Å². The zero-order chi connectivity index (χ0) is 19.3. The zero-order valence-electron chi connectivity index (χ0n) is 14.3. The van der Waals surface area contributed by atoms with Crippen LogP contribution < -0.4 is 5.32 Å². The standard InChI is InChI=1S/C19H18F3NO3/c1-12-5-3-6-13(9-12)10-16(18(25)26-2)23-17(24)14-7-4-8-15(11-14)19(20,21)22/h3-9,11,16H,10H2,1-2H3,(H,23,24)/t16-/m0/s1. The average Bonchev–Trinajstić information content (AvgIpc) is 2.60. The highest BCUT2D eigenvalue weighted by Gasteiger charge is 2.31. The highest BCUT2D eigenvalue weighted by Crippen LogP contribution is 2.29. The molecule has 0 spiro atoms. The Hall–Kier alpha value is -2.83. The van der Waals surface area contributed by atoms with Crippen LogP contribution in [0.5, 0.6) is 0 Å². The summed E-state index contributed by atoms with van der Waals surface area (Å²) in [6.45, 7) is 1.89. The SMILES string of the molecule is COC(=O)[C@H](Cc1cccc(C)c1)NC(=O)c1cccc(C(F)(F)F)c1. The lowest BCUT2D eigenvalue weighted by atomic mass is 10.0. The molecule has 0 unspecified atom stereocenters. The van der Waals surface area contributed by atoms with Gasteiger partial charge in [-0.3, -0.25) is 4.79 Å². The van der Waals surface area contributed by atoms with Gasteiger partial charge in [-0.2, -0.15) is 13.2 Å². The fourth-order valence-electron chi connectivity index (χ4n) is 2.49. The quantitative estimate of drug-likeness (QED) is 0.825. The number of halogens is 3. The van der Waals surface area contributed by atoms with Crippen LogP contribution in [0.15, 0.2) is 48.5 Å². The average molecular weight is 365 g/mol. The molecule has 138 valence electrons. The molecule has 2 rings (SSSR count). The number of nitrogens with one attached hydrogen (secondary N) is 1. The zero-order valence-corrected chi connectivity index (χ0v) is 14.3. The first kappa shape index (κ1) is 19.5. The van der Waals surface area contributed by atoms with Crippen LogP contribution in [0.4, 0.5) is 13.2 Å². The monoisotopic (exact) mass is 365 g/mol. The number of carbonyl (C=O) groups is 2. The Morgan fingerprint density at radius 2 is 1.81 bits per heavy atom. The van der Waals surface area contributed by atoms with Crippen LogP contribution >= 0.6 is 0 Å². The van der Waals surface area contributed by atoms with Crippen LogP contribution in [0.2, 0.25) is 0 Å². The molecule has 4 nitrogen and oxygen atoms in total. The van der Waals surface area contributed by atoms with E-state index in [0.29, 0.717) is 0 Å². The number of carbonyl (C=O) groups excluding carboxylic acids is 2. The van der Waals surface area contributed by atoms with E-state index in [1.54, 1.807) is 6.07 Å². The number of aryl methyl sites for hydroxylation is 1. The van der Waals surface area contributed by atoms with Crippen molar-refractivity contribution in [3.8, 4) is 0 Å². The lowest BCUT2D eigenvalue weighted by Gasteiger charge is -2.17. The molecule has 0 aliphatic heterocycles. The summed E-state index contributed by atoms with van der Waals surface area (Å²) in [6.07, 6.45) is -4.39.